The van der Waals surface area contributed by atoms with Crippen molar-refractivity contribution in [1.82, 2.24) is 10.2 Å². The molecule has 0 aliphatic carbocycles. The number of hydrogen-bond acceptors (Lipinski definition) is 4. The molecule has 134 valence electrons. The summed E-state index contributed by atoms with van der Waals surface area (Å²) in [5.41, 5.74) is 2.66. The highest BCUT2D eigenvalue weighted by Crippen LogP contribution is 2.31. The summed E-state index contributed by atoms with van der Waals surface area (Å²) >= 11 is 0. The van der Waals surface area contributed by atoms with Crippen LogP contribution in [0.1, 0.15) is 21.5 Å². The minimum Gasteiger partial charge on any atom is -0.493 e. The largest absolute Gasteiger partial charge is 0.493 e. The zero-order valence-electron chi connectivity index (χ0n) is 14.7. The van der Waals surface area contributed by atoms with E-state index in [0.717, 1.165) is 11.1 Å². The van der Waals surface area contributed by atoms with Crippen LogP contribution in [0.3, 0.4) is 0 Å². The van der Waals surface area contributed by atoms with E-state index >= 15 is 0 Å². The Kier molecular flexibility index (Phi) is 4.93. The Bertz CT molecular complexity index is 841. The molecule has 3 rings (SSSR count). The first-order valence-corrected chi connectivity index (χ1v) is 8.13. The molecule has 0 saturated heterocycles. The fourth-order valence-corrected chi connectivity index (χ4v) is 2.99. The van der Waals surface area contributed by atoms with Gasteiger partial charge in [-0.2, -0.15) is 0 Å². The Labute approximate surface area is 152 Å². The highest BCUT2D eigenvalue weighted by Gasteiger charge is 2.31. The monoisotopic (exact) mass is 352 g/mol. The van der Waals surface area contributed by atoms with Gasteiger partial charge in [-0.1, -0.05) is 36.9 Å². The van der Waals surface area contributed by atoms with E-state index in [4.69, 9.17) is 9.47 Å². The maximum absolute atomic E-state index is 12.4. The Morgan fingerprint density at radius 1 is 1.08 bits per heavy atom. The van der Waals surface area contributed by atoms with Gasteiger partial charge in [0, 0.05) is 28.9 Å². The van der Waals surface area contributed by atoms with E-state index in [2.05, 4.69) is 11.9 Å². The topological polar surface area (TPSA) is 67.9 Å². The molecular formula is C20H20N2O4. The zero-order valence-corrected chi connectivity index (χ0v) is 14.7. The summed E-state index contributed by atoms with van der Waals surface area (Å²) in [6.45, 7) is 4.12. The minimum absolute atomic E-state index is 0.0847. The molecule has 2 aromatic carbocycles. The molecule has 0 bridgehead atoms. The van der Waals surface area contributed by atoms with E-state index in [-0.39, 0.29) is 24.9 Å². The summed E-state index contributed by atoms with van der Waals surface area (Å²) in [5.74, 6) is 0.680. The number of ether oxygens (including phenoxy) is 2. The van der Waals surface area contributed by atoms with Crippen molar-refractivity contribution in [2.75, 3.05) is 20.8 Å². The number of nitrogens with zero attached hydrogens (tertiary/aromatic N) is 1. The molecule has 1 aliphatic rings. The smallest absolute Gasteiger partial charge is 0.259 e. The lowest BCUT2D eigenvalue weighted by Gasteiger charge is -2.17. The minimum atomic E-state index is -0.280. The van der Waals surface area contributed by atoms with Crippen molar-refractivity contribution < 1.29 is 19.1 Å². The number of methoxy groups -OCH3 is 2. The van der Waals surface area contributed by atoms with Crippen LogP contribution < -0.4 is 14.8 Å². The molecule has 26 heavy (non-hydrogen) atoms. The van der Waals surface area contributed by atoms with Crippen molar-refractivity contribution in [3.8, 4) is 11.5 Å². The third-order valence-electron chi connectivity index (χ3n) is 4.30. The maximum Gasteiger partial charge on any atom is 0.259 e. The second-order valence-electron chi connectivity index (χ2n) is 5.81. The van der Waals surface area contributed by atoms with Gasteiger partial charge in [-0.05, 0) is 12.1 Å². The summed E-state index contributed by atoms with van der Waals surface area (Å²) < 4.78 is 10.6. The quantitative estimate of drug-likeness (QED) is 0.867. The molecular weight excluding hydrogens is 332 g/mol. The SMILES string of the molecule is C=C1c2ccccc2C(=O)N1CC(=O)NCc1cccc(OC)c1OC. The number of hydrogen-bond donors (Lipinski definition) is 1. The van der Waals surface area contributed by atoms with Gasteiger partial charge in [0.25, 0.3) is 5.91 Å². The summed E-state index contributed by atoms with van der Waals surface area (Å²) in [6.07, 6.45) is 0. The number of carbonyl (C=O) groups excluding carboxylic acids is 2. The molecule has 6 heteroatoms. The molecule has 2 amide bonds. The molecule has 0 saturated carbocycles. The van der Waals surface area contributed by atoms with E-state index in [1.54, 1.807) is 32.4 Å². The summed E-state index contributed by atoms with van der Waals surface area (Å²) in [5, 5.41) is 2.81. The predicted octanol–water partition coefficient (Wildman–Crippen LogP) is 2.45. The summed E-state index contributed by atoms with van der Waals surface area (Å²) in [6, 6.07) is 12.7. The van der Waals surface area contributed by atoms with Gasteiger partial charge in [-0.25, -0.2) is 0 Å². The number of benzene rings is 2. The van der Waals surface area contributed by atoms with Crippen molar-refractivity contribution in [1.29, 1.82) is 0 Å². The van der Waals surface area contributed by atoms with Crippen LogP contribution in [0.25, 0.3) is 5.70 Å². The van der Waals surface area contributed by atoms with Crippen LogP contribution in [-0.4, -0.2) is 37.5 Å². The Balaban J connectivity index is 1.66. The van der Waals surface area contributed by atoms with Gasteiger partial charge < -0.3 is 14.8 Å². The normalized spacial score (nSPS) is 12.8. The average molecular weight is 352 g/mol. The second-order valence-corrected chi connectivity index (χ2v) is 5.81. The number of rotatable bonds is 6. The van der Waals surface area contributed by atoms with Crippen molar-refractivity contribution in [3.05, 3.63) is 65.7 Å². The molecule has 1 N–H and O–H groups in total. The number of nitrogens with one attached hydrogen (secondary N) is 1. The first-order chi connectivity index (χ1) is 12.6. The van der Waals surface area contributed by atoms with Gasteiger partial charge >= 0.3 is 0 Å². The van der Waals surface area contributed by atoms with Crippen LogP contribution >= 0.6 is 0 Å². The second kappa shape index (κ2) is 7.31. The number of fused-ring (bicyclic) bond motifs is 1. The Morgan fingerprint density at radius 3 is 2.46 bits per heavy atom. The number of para-hydroxylation sites is 1. The molecule has 0 radical (unpaired) electrons. The molecule has 0 fully saturated rings. The summed E-state index contributed by atoms with van der Waals surface area (Å²) in [7, 11) is 3.11. The van der Waals surface area contributed by atoms with Crippen LogP contribution in [0, 0.1) is 0 Å². The Hall–Kier alpha value is -3.28. The van der Waals surface area contributed by atoms with Crippen molar-refractivity contribution in [2.24, 2.45) is 0 Å². The first kappa shape index (κ1) is 17.5. The van der Waals surface area contributed by atoms with Crippen molar-refractivity contribution >= 4 is 17.5 Å². The third-order valence-corrected chi connectivity index (χ3v) is 4.30. The van der Waals surface area contributed by atoms with E-state index < -0.39 is 0 Å². The predicted molar refractivity (Wildman–Crippen MR) is 97.9 cm³/mol. The van der Waals surface area contributed by atoms with Gasteiger partial charge in [-0.15, -0.1) is 0 Å². The van der Waals surface area contributed by atoms with Crippen LogP contribution in [0.15, 0.2) is 49.0 Å². The first-order valence-electron chi connectivity index (χ1n) is 8.13. The van der Waals surface area contributed by atoms with E-state index in [9.17, 15) is 9.59 Å². The van der Waals surface area contributed by atoms with Gasteiger partial charge in [-0.3, -0.25) is 14.5 Å². The highest BCUT2D eigenvalue weighted by molar-refractivity contribution is 6.10. The van der Waals surface area contributed by atoms with Gasteiger partial charge in [0.2, 0.25) is 5.91 Å². The fourth-order valence-electron chi connectivity index (χ4n) is 2.99. The average Bonchev–Trinajstić information content (AvgIpc) is 2.91. The van der Waals surface area contributed by atoms with E-state index in [0.29, 0.717) is 22.8 Å². The van der Waals surface area contributed by atoms with Crippen molar-refractivity contribution in [3.63, 3.8) is 0 Å². The molecule has 0 unspecified atom stereocenters. The highest BCUT2D eigenvalue weighted by atomic mass is 16.5. The molecule has 2 aromatic rings. The lowest BCUT2D eigenvalue weighted by Crippen LogP contribution is -2.36. The zero-order chi connectivity index (χ0) is 18.7. The Morgan fingerprint density at radius 2 is 1.81 bits per heavy atom. The van der Waals surface area contributed by atoms with E-state index in [1.807, 2.05) is 24.3 Å². The number of carbonyl (C=O) groups is 2. The molecule has 6 nitrogen and oxygen atoms in total. The molecule has 1 aliphatic heterocycles. The van der Waals surface area contributed by atoms with Gasteiger partial charge in [0.15, 0.2) is 11.5 Å². The van der Waals surface area contributed by atoms with Crippen LogP contribution in [0.5, 0.6) is 11.5 Å². The lowest BCUT2D eigenvalue weighted by atomic mass is 10.1. The molecule has 0 aromatic heterocycles. The van der Waals surface area contributed by atoms with Gasteiger partial charge in [0.1, 0.15) is 6.54 Å². The molecule has 1 heterocycles. The maximum atomic E-state index is 12.4. The van der Waals surface area contributed by atoms with Crippen LogP contribution in [0.2, 0.25) is 0 Å². The summed E-state index contributed by atoms with van der Waals surface area (Å²) in [4.78, 5) is 26.2. The standard InChI is InChI=1S/C20H20N2O4/c1-13-15-8-4-5-9-16(15)20(24)22(13)12-18(23)21-11-14-7-6-10-17(25-2)19(14)26-3/h4-10H,1,11-12H2,2-3H3,(H,21,23). The van der Waals surface area contributed by atoms with Crippen molar-refractivity contribution in [2.45, 2.75) is 6.54 Å². The number of amides is 2. The lowest BCUT2D eigenvalue weighted by molar-refractivity contribution is -0.121. The molecule has 0 spiro atoms. The fraction of sp³-hybridized carbons (Fsp3) is 0.200. The van der Waals surface area contributed by atoms with E-state index in [1.165, 1.54) is 4.90 Å². The van der Waals surface area contributed by atoms with Crippen LogP contribution in [-0.2, 0) is 11.3 Å². The van der Waals surface area contributed by atoms with Crippen LogP contribution in [0.4, 0.5) is 0 Å². The van der Waals surface area contributed by atoms with Gasteiger partial charge in [0.05, 0.1) is 14.2 Å². The third kappa shape index (κ3) is 3.13. The molecule has 0 atom stereocenters.